The van der Waals surface area contributed by atoms with Crippen molar-refractivity contribution in [1.82, 2.24) is 4.90 Å². The lowest BCUT2D eigenvalue weighted by molar-refractivity contribution is 0.0930. The van der Waals surface area contributed by atoms with Gasteiger partial charge < -0.3 is 9.64 Å². The van der Waals surface area contributed by atoms with Crippen molar-refractivity contribution in [2.24, 2.45) is 0 Å². The Kier molecular flexibility index (Phi) is 8.39. The SMILES string of the molecule is O=C(OCc1ccccc1)N(CCCCCBr)Cc1ccccc1. The van der Waals surface area contributed by atoms with Gasteiger partial charge in [0.15, 0.2) is 0 Å². The van der Waals surface area contributed by atoms with Gasteiger partial charge in [-0.15, -0.1) is 0 Å². The highest BCUT2D eigenvalue weighted by molar-refractivity contribution is 9.09. The van der Waals surface area contributed by atoms with E-state index in [0.717, 1.165) is 42.3 Å². The normalized spacial score (nSPS) is 10.4. The van der Waals surface area contributed by atoms with Gasteiger partial charge in [0.2, 0.25) is 0 Å². The van der Waals surface area contributed by atoms with Gasteiger partial charge in [-0.05, 0) is 24.0 Å². The van der Waals surface area contributed by atoms with E-state index in [1.54, 1.807) is 4.90 Å². The van der Waals surface area contributed by atoms with Gasteiger partial charge in [0.1, 0.15) is 6.61 Å². The molecule has 0 spiro atoms. The summed E-state index contributed by atoms with van der Waals surface area (Å²) in [6.45, 7) is 1.62. The number of amides is 1. The Hall–Kier alpha value is -1.81. The first-order valence-corrected chi connectivity index (χ1v) is 9.47. The summed E-state index contributed by atoms with van der Waals surface area (Å²) in [7, 11) is 0. The number of ether oxygens (including phenoxy) is 1. The number of unbranched alkanes of at least 4 members (excludes halogenated alkanes) is 2. The minimum Gasteiger partial charge on any atom is -0.445 e. The van der Waals surface area contributed by atoms with Gasteiger partial charge in [-0.3, -0.25) is 0 Å². The number of carbonyl (C=O) groups excluding carboxylic acids is 1. The molecule has 0 saturated carbocycles. The fourth-order valence-corrected chi connectivity index (χ4v) is 2.82. The van der Waals surface area contributed by atoms with E-state index in [2.05, 4.69) is 15.9 Å². The van der Waals surface area contributed by atoms with Crippen LogP contribution in [0.3, 0.4) is 0 Å². The lowest BCUT2D eigenvalue weighted by Gasteiger charge is -2.22. The quantitative estimate of drug-likeness (QED) is 0.424. The van der Waals surface area contributed by atoms with E-state index in [4.69, 9.17) is 4.74 Å². The molecule has 4 heteroatoms. The van der Waals surface area contributed by atoms with Gasteiger partial charge in [-0.2, -0.15) is 0 Å². The highest BCUT2D eigenvalue weighted by Crippen LogP contribution is 2.10. The van der Waals surface area contributed by atoms with Crippen LogP contribution in [0.4, 0.5) is 4.79 Å². The van der Waals surface area contributed by atoms with Crippen molar-refractivity contribution < 1.29 is 9.53 Å². The largest absolute Gasteiger partial charge is 0.445 e. The van der Waals surface area contributed by atoms with Crippen molar-refractivity contribution >= 4 is 22.0 Å². The number of rotatable bonds is 9. The van der Waals surface area contributed by atoms with Crippen molar-refractivity contribution in [2.75, 3.05) is 11.9 Å². The third-order valence-electron chi connectivity index (χ3n) is 3.74. The first kappa shape index (κ1) is 18.5. The molecule has 0 heterocycles. The number of halogens is 1. The number of alkyl halides is 1. The Bertz CT molecular complexity index is 589. The lowest BCUT2D eigenvalue weighted by Crippen LogP contribution is -2.32. The molecule has 0 radical (unpaired) electrons. The minimum atomic E-state index is -0.249. The minimum absolute atomic E-state index is 0.249. The zero-order valence-electron chi connectivity index (χ0n) is 13.9. The van der Waals surface area contributed by atoms with E-state index >= 15 is 0 Å². The second-order valence-corrected chi connectivity index (χ2v) is 6.49. The van der Waals surface area contributed by atoms with E-state index in [0.29, 0.717) is 13.2 Å². The molecular formula is C20H24BrNO2. The summed E-state index contributed by atoms with van der Waals surface area (Å²) in [5.74, 6) is 0. The van der Waals surface area contributed by atoms with Crippen LogP contribution in [0, 0.1) is 0 Å². The van der Waals surface area contributed by atoms with Crippen LogP contribution < -0.4 is 0 Å². The van der Waals surface area contributed by atoms with Crippen LogP contribution in [0.25, 0.3) is 0 Å². The van der Waals surface area contributed by atoms with Gasteiger partial charge in [-0.25, -0.2) is 4.79 Å². The van der Waals surface area contributed by atoms with Crippen molar-refractivity contribution in [3.63, 3.8) is 0 Å². The molecule has 0 N–H and O–H groups in total. The highest BCUT2D eigenvalue weighted by Gasteiger charge is 2.15. The Morgan fingerprint density at radius 2 is 1.50 bits per heavy atom. The topological polar surface area (TPSA) is 29.5 Å². The van der Waals surface area contributed by atoms with Crippen LogP contribution in [-0.2, 0) is 17.9 Å². The number of carbonyl (C=O) groups is 1. The summed E-state index contributed by atoms with van der Waals surface area (Å²) in [6, 6.07) is 19.8. The third kappa shape index (κ3) is 6.75. The Balaban J connectivity index is 1.91. The maximum absolute atomic E-state index is 12.5. The highest BCUT2D eigenvalue weighted by atomic mass is 79.9. The van der Waals surface area contributed by atoms with Gasteiger partial charge in [-0.1, -0.05) is 83.0 Å². The molecule has 0 saturated heterocycles. The number of nitrogens with zero attached hydrogens (tertiary/aromatic N) is 1. The van der Waals surface area contributed by atoms with Crippen LogP contribution >= 0.6 is 15.9 Å². The molecule has 3 nitrogen and oxygen atoms in total. The molecule has 1 amide bonds. The van der Waals surface area contributed by atoms with Crippen LogP contribution in [-0.4, -0.2) is 22.9 Å². The zero-order valence-corrected chi connectivity index (χ0v) is 15.5. The summed E-state index contributed by atoms with van der Waals surface area (Å²) < 4.78 is 5.50. The number of hydrogen-bond donors (Lipinski definition) is 0. The van der Waals surface area contributed by atoms with Gasteiger partial charge in [0, 0.05) is 18.4 Å². The summed E-state index contributed by atoms with van der Waals surface area (Å²) >= 11 is 3.44. The molecule has 2 aromatic rings. The zero-order chi connectivity index (χ0) is 17.0. The second-order valence-electron chi connectivity index (χ2n) is 5.70. The predicted molar refractivity (Wildman–Crippen MR) is 101 cm³/mol. The van der Waals surface area contributed by atoms with Crippen LogP contribution in [0.15, 0.2) is 60.7 Å². The van der Waals surface area contributed by atoms with Crippen LogP contribution in [0.2, 0.25) is 0 Å². The molecule has 128 valence electrons. The molecule has 0 fully saturated rings. The Morgan fingerprint density at radius 1 is 0.875 bits per heavy atom. The average molecular weight is 390 g/mol. The third-order valence-corrected chi connectivity index (χ3v) is 4.30. The lowest BCUT2D eigenvalue weighted by atomic mass is 10.2. The van der Waals surface area contributed by atoms with E-state index in [1.165, 1.54) is 0 Å². The molecule has 0 aliphatic rings. The van der Waals surface area contributed by atoms with E-state index in [1.807, 2.05) is 60.7 Å². The fraction of sp³-hybridized carbons (Fsp3) is 0.350. The van der Waals surface area contributed by atoms with Gasteiger partial charge >= 0.3 is 6.09 Å². The van der Waals surface area contributed by atoms with Crippen LogP contribution in [0.1, 0.15) is 30.4 Å². The standard InChI is InChI=1S/C20H24BrNO2/c21-14-8-3-9-15-22(16-18-10-4-1-5-11-18)20(23)24-17-19-12-6-2-7-13-19/h1-2,4-7,10-13H,3,8-9,14-17H2. The number of hydrogen-bond acceptors (Lipinski definition) is 2. The number of benzene rings is 2. The molecule has 0 bridgehead atoms. The maximum Gasteiger partial charge on any atom is 0.410 e. The van der Waals surface area contributed by atoms with E-state index in [-0.39, 0.29) is 6.09 Å². The molecule has 0 aliphatic carbocycles. The monoisotopic (exact) mass is 389 g/mol. The summed E-state index contributed by atoms with van der Waals surface area (Å²) in [4.78, 5) is 14.3. The fourth-order valence-electron chi connectivity index (χ4n) is 2.42. The predicted octanol–water partition coefficient (Wildman–Crippen LogP) is 5.39. The van der Waals surface area contributed by atoms with Crippen molar-refractivity contribution in [3.8, 4) is 0 Å². The van der Waals surface area contributed by atoms with Crippen molar-refractivity contribution in [3.05, 3.63) is 71.8 Å². The van der Waals surface area contributed by atoms with Gasteiger partial charge in [0.25, 0.3) is 0 Å². The summed E-state index contributed by atoms with van der Waals surface area (Å²) in [6.07, 6.45) is 2.96. The van der Waals surface area contributed by atoms with Crippen LogP contribution in [0.5, 0.6) is 0 Å². The second kappa shape index (κ2) is 10.9. The molecule has 0 aromatic heterocycles. The maximum atomic E-state index is 12.5. The average Bonchev–Trinajstić information content (AvgIpc) is 2.64. The van der Waals surface area contributed by atoms with E-state index < -0.39 is 0 Å². The molecule has 0 aliphatic heterocycles. The first-order chi connectivity index (χ1) is 11.8. The molecule has 2 rings (SSSR count). The first-order valence-electron chi connectivity index (χ1n) is 8.35. The van der Waals surface area contributed by atoms with Crippen molar-refractivity contribution in [1.29, 1.82) is 0 Å². The molecule has 24 heavy (non-hydrogen) atoms. The summed E-state index contributed by atoms with van der Waals surface area (Å²) in [5, 5.41) is 1.00. The molecule has 0 atom stereocenters. The van der Waals surface area contributed by atoms with Gasteiger partial charge in [0.05, 0.1) is 0 Å². The smallest absolute Gasteiger partial charge is 0.410 e. The van der Waals surface area contributed by atoms with Crippen molar-refractivity contribution in [2.45, 2.75) is 32.4 Å². The molecular weight excluding hydrogens is 366 g/mol. The molecule has 2 aromatic carbocycles. The Labute approximate surface area is 152 Å². The van der Waals surface area contributed by atoms with E-state index in [9.17, 15) is 4.79 Å². The molecule has 0 unspecified atom stereocenters. The summed E-state index contributed by atoms with van der Waals surface area (Å²) in [5.41, 5.74) is 2.12. The Morgan fingerprint density at radius 3 is 2.12 bits per heavy atom.